The van der Waals surface area contributed by atoms with Crippen LogP contribution in [0.3, 0.4) is 0 Å². The largest absolute Gasteiger partial charge is 0.290 e. The predicted octanol–water partition coefficient (Wildman–Crippen LogP) is 0.833. The molecule has 0 radical (unpaired) electrons. The minimum Gasteiger partial charge on any atom is -0.273 e. The number of aromatic nitrogens is 2. The molecule has 1 aromatic heterocycles. The molecule has 1 aromatic carbocycles. The van der Waals surface area contributed by atoms with Gasteiger partial charge in [-0.25, -0.2) is 4.68 Å². The molecular formula is C16H18N4O3. The molecule has 0 spiro atoms. The van der Waals surface area contributed by atoms with Crippen molar-refractivity contribution < 1.29 is 9.59 Å². The van der Waals surface area contributed by atoms with Gasteiger partial charge in [0, 0.05) is 17.8 Å². The summed E-state index contributed by atoms with van der Waals surface area (Å²) in [5.74, 6) is -0.415. The molecule has 2 N–H and O–H groups in total. The third-order valence-electron chi connectivity index (χ3n) is 4.13. The number of rotatable bonds is 3. The smallest absolute Gasteiger partial charge is 0.273 e. The normalized spacial score (nSPS) is 19.4. The highest BCUT2D eigenvalue weighted by atomic mass is 16.2. The van der Waals surface area contributed by atoms with Crippen LogP contribution in [-0.4, -0.2) is 21.6 Å². The lowest BCUT2D eigenvalue weighted by molar-refractivity contribution is -0.123. The van der Waals surface area contributed by atoms with Gasteiger partial charge in [-0.05, 0) is 25.3 Å². The van der Waals surface area contributed by atoms with Crippen LogP contribution in [0.15, 0.2) is 29.1 Å². The Hall–Kier alpha value is -2.70. The highest BCUT2D eigenvalue weighted by Crippen LogP contribution is 2.37. The second-order valence-corrected chi connectivity index (χ2v) is 5.78. The molecule has 3 rings (SSSR count). The van der Waals surface area contributed by atoms with Crippen molar-refractivity contribution in [3.63, 3.8) is 0 Å². The molecule has 0 saturated heterocycles. The quantitative estimate of drug-likeness (QED) is 0.821. The van der Waals surface area contributed by atoms with E-state index in [9.17, 15) is 14.4 Å². The Morgan fingerprint density at radius 3 is 2.52 bits per heavy atom. The first-order valence-corrected chi connectivity index (χ1v) is 7.63. The fourth-order valence-corrected chi connectivity index (χ4v) is 2.57. The number of hydrogen-bond donors (Lipinski definition) is 2. The first-order chi connectivity index (χ1) is 11.0. The van der Waals surface area contributed by atoms with E-state index in [4.69, 9.17) is 0 Å². The van der Waals surface area contributed by atoms with E-state index in [0.717, 1.165) is 6.42 Å². The Bertz CT molecular complexity index is 843. The summed E-state index contributed by atoms with van der Waals surface area (Å²) in [5.41, 5.74) is 4.69. The topological polar surface area (TPSA) is 93.1 Å². The van der Waals surface area contributed by atoms with Gasteiger partial charge in [0.2, 0.25) is 5.91 Å². The molecule has 120 valence electrons. The summed E-state index contributed by atoms with van der Waals surface area (Å²) < 4.78 is 1.24. The van der Waals surface area contributed by atoms with Crippen LogP contribution in [0, 0.1) is 11.8 Å². The highest BCUT2D eigenvalue weighted by molar-refractivity contribution is 6.05. The van der Waals surface area contributed by atoms with Crippen LogP contribution >= 0.6 is 0 Å². The number of fused-ring (bicyclic) bond motifs is 1. The zero-order valence-corrected chi connectivity index (χ0v) is 13.0. The van der Waals surface area contributed by atoms with E-state index < -0.39 is 5.91 Å². The van der Waals surface area contributed by atoms with Crippen molar-refractivity contribution in [1.82, 2.24) is 20.6 Å². The number of aryl methyl sites for hydroxylation is 1. The van der Waals surface area contributed by atoms with Crippen LogP contribution in [-0.2, 0) is 11.3 Å². The van der Waals surface area contributed by atoms with Gasteiger partial charge in [0.1, 0.15) is 0 Å². The van der Waals surface area contributed by atoms with Gasteiger partial charge in [0.05, 0.1) is 5.39 Å². The maximum Gasteiger partial charge on any atom is 0.290 e. The standard InChI is InChI=1S/C16H18N4O3/c1-3-20-16(23)11-7-5-4-6-10(11)13(19-20)15(22)18-17-14(21)12-8-9(12)2/h4-7,9,12H,3,8H2,1-2H3,(H,17,21)(H,18,22). The monoisotopic (exact) mass is 314 g/mol. The highest BCUT2D eigenvalue weighted by Gasteiger charge is 2.39. The van der Waals surface area contributed by atoms with Gasteiger partial charge in [-0.1, -0.05) is 25.1 Å². The number of hydrazine groups is 1. The Labute approximate surface area is 132 Å². The van der Waals surface area contributed by atoms with Crippen molar-refractivity contribution in [2.24, 2.45) is 11.8 Å². The SMILES string of the molecule is CCn1nc(C(=O)NNC(=O)C2CC2C)c2ccccc2c1=O. The van der Waals surface area contributed by atoms with Crippen LogP contribution in [0.1, 0.15) is 30.8 Å². The van der Waals surface area contributed by atoms with Gasteiger partial charge >= 0.3 is 0 Å². The molecule has 2 unspecified atom stereocenters. The summed E-state index contributed by atoms with van der Waals surface area (Å²) in [7, 11) is 0. The predicted molar refractivity (Wildman–Crippen MR) is 84.6 cm³/mol. The average Bonchev–Trinajstić information content (AvgIpc) is 3.30. The third-order valence-corrected chi connectivity index (χ3v) is 4.13. The summed E-state index contributed by atoms with van der Waals surface area (Å²) in [6.45, 7) is 4.12. The Morgan fingerprint density at radius 1 is 1.26 bits per heavy atom. The molecule has 0 aliphatic heterocycles. The molecule has 2 amide bonds. The van der Waals surface area contributed by atoms with E-state index in [2.05, 4.69) is 16.0 Å². The van der Waals surface area contributed by atoms with E-state index in [0.29, 0.717) is 23.2 Å². The van der Waals surface area contributed by atoms with E-state index in [1.54, 1.807) is 31.2 Å². The van der Waals surface area contributed by atoms with Crippen LogP contribution < -0.4 is 16.4 Å². The van der Waals surface area contributed by atoms with E-state index in [1.165, 1.54) is 4.68 Å². The fourth-order valence-electron chi connectivity index (χ4n) is 2.57. The first-order valence-electron chi connectivity index (χ1n) is 7.63. The maximum absolute atomic E-state index is 12.4. The molecule has 1 heterocycles. The molecule has 0 bridgehead atoms. The Kier molecular flexibility index (Phi) is 3.85. The number of carbonyl (C=O) groups excluding carboxylic acids is 2. The molecule has 2 atom stereocenters. The number of carbonyl (C=O) groups is 2. The molecule has 7 heteroatoms. The Morgan fingerprint density at radius 2 is 1.91 bits per heavy atom. The summed E-state index contributed by atoms with van der Waals surface area (Å²) in [6, 6.07) is 6.80. The van der Waals surface area contributed by atoms with Gasteiger partial charge in [-0.3, -0.25) is 25.2 Å². The zero-order valence-electron chi connectivity index (χ0n) is 13.0. The number of benzene rings is 1. The summed E-state index contributed by atoms with van der Waals surface area (Å²) in [5, 5.41) is 5.01. The van der Waals surface area contributed by atoms with Crippen LogP contribution in [0.4, 0.5) is 0 Å². The van der Waals surface area contributed by atoms with Crippen LogP contribution in [0.25, 0.3) is 10.8 Å². The van der Waals surface area contributed by atoms with Gasteiger partial charge in [-0.15, -0.1) is 0 Å². The van der Waals surface area contributed by atoms with Crippen molar-refractivity contribution in [3.8, 4) is 0 Å². The average molecular weight is 314 g/mol. The lowest BCUT2D eigenvalue weighted by Gasteiger charge is -2.10. The molecule has 2 aromatic rings. The molecule has 1 aliphatic rings. The van der Waals surface area contributed by atoms with Gasteiger partial charge in [0.15, 0.2) is 5.69 Å². The Balaban J connectivity index is 1.89. The van der Waals surface area contributed by atoms with Crippen LogP contribution in [0.2, 0.25) is 0 Å². The molecule has 23 heavy (non-hydrogen) atoms. The lowest BCUT2D eigenvalue weighted by Crippen LogP contribution is -2.43. The minimum absolute atomic E-state index is 0.0374. The van der Waals surface area contributed by atoms with Crippen molar-refractivity contribution >= 4 is 22.6 Å². The van der Waals surface area contributed by atoms with E-state index in [1.807, 2.05) is 6.92 Å². The maximum atomic E-state index is 12.4. The fraction of sp³-hybridized carbons (Fsp3) is 0.375. The van der Waals surface area contributed by atoms with Gasteiger partial charge in [-0.2, -0.15) is 5.10 Å². The van der Waals surface area contributed by atoms with Crippen molar-refractivity contribution in [3.05, 3.63) is 40.3 Å². The molecule has 1 fully saturated rings. The molecule has 1 saturated carbocycles. The third kappa shape index (κ3) is 2.81. The van der Waals surface area contributed by atoms with Crippen molar-refractivity contribution in [1.29, 1.82) is 0 Å². The minimum atomic E-state index is -0.537. The number of amides is 2. The summed E-state index contributed by atoms with van der Waals surface area (Å²) >= 11 is 0. The molecule has 1 aliphatic carbocycles. The van der Waals surface area contributed by atoms with Crippen molar-refractivity contribution in [2.45, 2.75) is 26.8 Å². The molecular weight excluding hydrogens is 296 g/mol. The number of hydrogen-bond acceptors (Lipinski definition) is 4. The summed E-state index contributed by atoms with van der Waals surface area (Å²) in [4.78, 5) is 36.4. The van der Waals surface area contributed by atoms with E-state index in [-0.39, 0.29) is 23.1 Å². The lowest BCUT2D eigenvalue weighted by atomic mass is 10.1. The second-order valence-electron chi connectivity index (χ2n) is 5.78. The van der Waals surface area contributed by atoms with Crippen molar-refractivity contribution in [2.75, 3.05) is 0 Å². The van der Waals surface area contributed by atoms with Crippen LogP contribution in [0.5, 0.6) is 0 Å². The molecule has 7 nitrogen and oxygen atoms in total. The summed E-state index contributed by atoms with van der Waals surface area (Å²) in [6.07, 6.45) is 0.837. The van der Waals surface area contributed by atoms with E-state index >= 15 is 0 Å². The van der Waals surface area contributed by atoms with Gasteiger partial charge < -0.3 is 0 Å². The second kappa shape index (κ2) is 5.83. The number of nitrogens with one attached hydrogen (secondary N) is 2. The number of nitrogens with zero attached hydrogens (tertiary/aromatic N) is 2. The first kappa shape index (κ1) is 15.2. The zero-order chi connectivity index (χ0) is 16.6. The van der Waals surface area contributed by atoms with Gasteiger partial charge in [0.25, 0.3) is 11.5 Å².